The summed E-state index contributed by atoms with van der Waals surface area (Å²) in [4.78, 5) is 2.09. The van der Waals surface area contributed by atoms with Crippen LogP contribution in [0.3, 0.4) is 0 Å². The maximum absolute atomic E-state index is 5.65. The lowest BCUT2D eigenvalue weighted by molar-refractivity contribution is 0.0923. The van der Waals surface area contributed by atoms with Crippen LogP contribution in [0, 0.1) is 0 Å². The van der Waals surface area contributed by atoms with Crippen molar-refractivity contribution in [3.05, 3.63) is 73.2 Å². The van der Waals surface area contributed by atoms with Gasteiger partial charge in [0.1, 0.15) is 5.76 Å². The summed E-state index contributed by atoms with van der Waals surface area (Å²) < 4.78 is 5.65. The number of hydrogen-bond donors (Lipinski definition) is 0. The van der Waals surface area contributed by atoms with Crippen molar-refractivity contribution in [1.29, 1.82) is 0 Å². The highest BCUT2D eigenvalue weighted by molar-refractivity contribution is 5.33. The first-order valence-corrected chi connectivity index (χ1v) is 5.58. The van der Waals surface area contributed by atoms with Crippen LogP contribution < -0.4 is 0 Å². The van der Waals surface area contributed by atoms with Gasteiger partial charge in [0.05, 0.1) is 0 Å². The van der Waals surface area contributed by atoms with Gasteiger partial charge in [-0.1, -0.05) is 38.0 Å². The molecular formula is C15H19NO. The van der Waals surface area contributed by atoms with Gasteiger partial charge in [-0.3, -0.25) is 0 Å². The van der Waals surface area contributed by atoms with E-state index in [4.69, 9.17) is 4.74 Å². The molecular weight excluding hydrogens is 210 g/mol. The highest BCUT2D eigenvalue weighted by Crippen LogP contribution is 2.21. The molecule has 1 heterocycles. The van der Waals surface area contributed by atoms with Gasteiger partial charge in [0.25, 0.3) is 0 Å². The van der Waals surface area contributed by atoms with Crippen LogP contribution in [0.15, 0.2) is 73.2 Å². The average molecular weight is 229 g/mol. The lowest BCUT2D eigenvalue weighted by atomic mass is 10.1. The van der Waals surface area contributed by atoms with Gasteiger partial charge in [0.2, 0.25) is 0 Å². The zero-order valence-electron chi connectivity index (χ0n) is 10.4. The first-order chi connectivity index (χ1) is 8.26. The molecule has 2 nitrogen and oxygen atoms in total. The molecule has 0 amide bonds. The molecule has 0 saturated carbocycles. The Morgan fingerprint density at radius 1 is 1.35 bits per heavy atom. The zero-order chi connectivity index (χ0) is 12.7. The first kappa shape index (κ1) is 13.1. The van der Waals surface area contributed by atoms with Gasteiger partial charge in [0, 0.05) is 17.8 Å². The van der Waals surface area contributed by atoms with Crippen LogP contribution in [0.25, 0.3) is 0 Å². The largest absolute Gasteiger partial charge is 0.473 e. The van der Waals surface area contributed by atoms with Crippen molar-refractivity contribution in [2.24, 2.45) is 0 Å². The van der Waals surface area contributed by atoms with Crippen molar-refractivity contribution in [1.82, 2.24) is 4.90 Å². The van der Waals surface area contributed by atoms with Crippen LogP contribution in [0.5, 0.6) is 0 Å². The Morgan fingerprint density at radius 3 is 2.65 bits per heavy atom. The molecule has 0 aromatic heterocycles. The molecule has 1 rings (SSSR count). The fraction of sp³-hybridized carbons (Fsp3) is 0.200. The summed E-state index contributed by atoms with van der Waals surface area (Å²) in [6, 6.07) is 0. The Balaban J connectivity index is 2.95. The van der Waals surface area contributed by atoms with E-state index in [2.05, 4.69) is 24.6 Å². The molecule has 0 atom stereocenters. The van der Waals surface area contributed by atoms with Crippen molar-refractivity contribution in [3.63, 3.8) is 0 Å². The molecule has 90 valence electrons. The summed E-state index contributed by atoms with van der Waals surface area (Å²) in [7, 11) is 0. The third-order valence-electron chi connectivity index (χ3n) is 2.47. The highest BCUT2D eigenvalue weighted by atomic mass is 16.5. The maximum atomic E-state index is 5.65. The van der Waals surface area contributed by atoms with Crippen LogP contribution in [-0.2, 0) is 4.74 Å². The van der Waals surface area contributed by atoms with Crippen molar-refractivity contribution >= 4 is 0 Å². The van der Waals surface area contributed by atoms with Gasteiger partial charge in [-0.25, -0.2) is 0 Å². The van der Waals surface area contributed by atoms with Gasteiger partial charge in [-0.15, -0.1) is 0 Å². The minimum absolute atomic E-state index is 0.508. The molecule has 0 aromatic rings. The molecule has 0 spiro atoms. The molecule has 0 unspecified atom stereocenters. The predicted molar refractivity (Wildman–Crippen MR) is 73.2 cm³/mol. The highest BCUT2D eigenvalue weighted by Gasteiger charge is 2.17. The topological polar surface area (TPSA) is 12.5 Å². The van der Waals surface area contributed by atoms with E-state index in [1.165, 1.54) is 0 Å². The third-order valence-corrected chi connectivity index (χ3v) is 2.47. The molecule has 0 aromatic carbocycles. The van der Waals surface area contributed by atoms with E-state index in [1.807, 2.05) is 25.2 Å². The number of rotatable bonds is 5. The molecule has 0 radical (unpaired) electrons. The molecule has 1 aliphatic rings. The van der Waals surface area contributed by atoms with E-state index in [0.29, 0.717) is 6.73 Å². The molecule has 0 saturated heterocycles. The van der Waals surface area contributed by atoms with Crippen LogP contribution >= 0.6 is 0 Å². The number of hydrogen-bond acceptors (Lipinski definition) is 2. The van der Waals surface area contributed by atoms with Gasteiger partial charge in [0.15, 0.2) is 6.73 Å². The summed E-state index contributed by atoms with van der Waals surface area (Å²) in [5.41, 5.74) is 2.12. The standard InChI is InChI=1S/C15H19NO/c1-5-9-13-11-16(12-17-15(13)8-4)14(7-3)10-6-2/h5-10H,2-4,11-12H2,1H3/b9-5-,14-10+. The molecule has 0 N–H and O–H groups in total. The Kier molecular flexibility index (Phi) is 5.08. The Hall–Kier alpha value is -1.96. The van der Waals surface area contributed by atoms with Crippen molar-refractivity contribution < 1.29 is 4.74 Å². The fourth-order valence-electron chi connectivity index (χ4n) is 1.68. The van der Waals surface area contributed by atoms with Crippen molar-refractivity contribution in [3.8, 4) is 0 Å². The maximum Gasteiger partial charge on any atom is 0.161 e. The second kappa shape index (κ2) is 6.59. The van der Waals surface area contributed by atoms with E-state index in [0.717, 1.165) is 23.6 Å². The Labute approximate surface area is 104 Å². The van der Waals surface area contributed by atoms with Gasteiger partial charge in [-0.2, -0.15) is 0 Å². The fourth-order valence-corrected chi connectivity index (χ4v) is 1.68. The Morgan fingerprint density at radius 2 is 2.12 bits per heavy atom. The van der Waals surface area contributed by atoms with E-state index in [9.17, 15) is 0 Å². The summed E-state index contributed by atoms with van der Waals surface area (Å²) in [6.45, 7) is 14.5. The lowest BCUT2D eigenvalue weighted by Gasteiger charge is -2.31. The second-order valence-electron chi connectivity index (χ2n) is 3.60. The quantitative estimate of drug-likeness (QED) is 0.668. The SMILES string of the molecule is C=C/C=C(\C=C)N1COC(C=C)=C(/C=C\C)C1. The summed E-state index contributed by atoms with van der Waals surface area (Å²) in [5.74, 6) is 0.848. The number of ether oxygens (including phenoxy) is 1. The van der Waals surface area contributed by atoms with E-state index in [-0.39, 0.29) is 0 Å². The molecule has 0 aliphatic carbocycles. The number of nitrogens with zero attached hydrogens (tertiary/aromatic N) is 1. The molecule has 0 bridgehead atoms. The molecule has 1 aliphatic heterocycles. The van der Waals surface area contributed by atoms with Crippen LogP contribution in [0.1, 0.15) is 6.92 Å². The van der Waals surface area contributed by atoms with Crippen molar-refractivity contribution in [2.75, 3.05) is 13.3 Å². The smallest absolute Gasteiger partial charge is 0.161 e. The molecule has 0 fully saturated rings. The normalized spacial score (nSPS) is 17.0. The summed E-state index contributed by atoms with van der Waals surface area (Å²) >= 11 is 0. The van der Waals surface area contributed by atoms with Gasteiger partial charge >= 0.3 is 0 Å². The third kappa shape index (κ3) is 3.25. The van der Waals surface area contributed by atoms with Crippen LogP contribution in [-0.4, -0.2) is 18.2 Å². The van der Waals surface area contributed by atoms with Crippen molar-refractivity contribution in [2.45, 2.75) is 6.92 Å². The Bertz CT molecular complexity index is 399. The average Bonchev–Trinajstić information content (AvgIpc) is 2.36. The number of allylic oxidation sites excluding steroid dienone is 5. The monoisotopic (exact) mass is 229 g/mol. The lowest BCUT2D eigenvalue weighted by Crippen LogP contribution is -2.31. The predicted octanol–water partition coefficient (Wildman–Crippen LogP) is 3.55. The van der Waals surface area contributed by atoms with Gasteiger partial charge in [-0.05, 0) is 25.2 Å². The van der Waals surface area contributed by atoms with Crippen LogP contribution in [0.4, 0.5) is 0 Å². The minimum Gasteiger partial charge on any atom is -0.473 e. The summed E-state index contributed by atoms with van der Waals surface area (Å²) in [6.07, 6.45) is 11.3. The minimum atomic E-state index is 0.508. The zero-order valence-corrected chi connectivity index (χ0v) is 10.4. The summed E-state index contributed by atoms with van der Waals surface area (Å²) in [5, 5.41) is 0. The second-order valence-corrected chi connectivity index (χ2v) is 3.60. The van der Waals surface area contributed by atoms with E-state index >= 15 is 0 Å². The van der Waals surface area contributed by atoms with Gasteiger partial charge < -0.3 is 9.64 Å². The molecule has 2 heteroatoms. The van der Waals surface area contributed by atoms with Crippen LogP contribution in [0.2, 0.25) is 0 Å². The molecule has 17 heavy (non-hydrogen) atoms. The first-order valence-electron chi connectivity index (χ1n) is 5.58. The van der Waals surface area contributed by atoms with E-state index in [1.54, 1.807) is 18.2 Å². The van der Waals surface area contributed by atoms with E-state index < -0.39 is 0 Å².